The smallest absolute Gasteiger partial charge is 0.211 e. The number of rotatable bonds is 5. The summed E-state index contributed by atoms with van der Waals surface area (Å²) >= 11 is 1.66. The normalized spacial score (nSPS) is 10.9. The maximum Gasteiger partial charge on any atom is 0.211 e. The van der Waals surface area contributed by atoms with Gasteiger partial charge in [-0.25, -0.2) is 4.98 Å². The van der Waals surface area contributed by atoms with Crippen molar-refractivity contribution in [2.75, 3.05) is 0 Å². The van der Waals surface area contributed by atoms with E-state index >= 15 is 0 Å². The van der Waals surface area contributed by atoms with Gasteiger partial charge in [0.25, 0.3) is 0 Å². The van der Waals surface area contributed by atoms with Crippen molar-refractivity contribution < 1.29 is 0 Å². The second-order valence-corrected chi connectivity index (χ2v) is 6.58. The van der Waals surface area contributed by atoms with Crippen LogP contribution >= 0.6 is 11.3 Å². The van der Waals surface area contributed by atoms with Crippen LogP contribution in [0.2, 0.25) is 0 Å². The van der Waals surface area contributed by atoms with Crippen LogP contribution < -0.4 is 11.5 Å². The molecule has 0 amide bonds. The molecule has 0 aliphatic carbocycles. The maximum atomic E-state index is 5.24. The number of hydrogen-bond acceptors (Lipinski definition) is 4. The second kappa shape index (κ2) is 7.72. The highest BCUT2D eigenvalue weighted by atomic mass is 32.1. The number of nitrogens with zero attached hydrogens (tertiary/aromatic N) is 3. The van der Waals surface area contributed by atoms with Gasteiger partial charge in [-0.15, -0.1) is 16.4 Å². The molecule has 2 aromatic carbocycles. The summed E-state index contributed by atoms with van der Waals surface area (Å²) in [7, 11) is 0. The Morgan fingerprint density at radius 3 is 2.32 bits per heavy atom. The third kappa shape index (κ3) is 4.30. The molecule has 0 radical (unpaired) electrons. The molecular formula is C19H19N5S. The molecule has 0 unspecified atom stereocenters. The van der Waals surface area contributed by atoms with E-state index in [4.69, 9.17) is 11.5 Å². The van der Waals surface area contributed by atoms with Gasteiger partial charge in [0.15, 0.2) is 0 Å². The minimum atomic E-state index is -0.0449. The van der Waals surface area contributed by atoms with Crippen LogP contribution in [-0.2, 0) is 6.42 Å². The van der Waals surface area contributed by atoms with Gasteiger partial charge >= 0.3 is 0 Å². The molecule has 6 heteroatoms. The lowest BCUT2D eigenvalue weighted by atomic mass is 10.0. The molecule has 0 saturated carbocycles. The summed E-state index contributed by atoms with van der Waals surface area (Å²) in [6.45, 7) is 2.00. The molecule has 25 heavy (non-hydrogen) atoms. The van der Waals surface area contributed by atoms with Crippen LogP contribution in [0.4, 0.5) is 0 Å². The van der Waals surface area contributed by atoms with Gasteiger partial charge in [-0.1, -0.05) is 54.6 Å². The quantitative estimate of drug-likeness (QED) is 0.419. The van der Waals surface area contributed by atoms with E-state index in [-0.39, 0.29) is 5.96 Å². The number of aromatic nitrogens is 1. The zero-order chi connectivity index (χ0) is 17.6. The first-order valence-electron chi connectivity index (χ1n) is 7.86. The number of thiazole rings is 1. The van der Waals surface area contributed by atoms with E-state index in [1.165, 1.54) is 11.1 Å². The van der Waals surface area contributed by atoms with Gasteiger partial charge in [0.05, 0.1) is 5.69 Å². The maximum absolute atomic E-state index is 5.24. The van der Waals surface area contributed by atoms with Gasteiger partial charge in [-0.05, 0) is 18.1 Å². The van der Waals surface area contributed by atoms with E-state index in [1.807, 2.05) is 25.1 Å². The van der Waals surface area contributed by atoms with Crippen molar-refractivity contribution in [1.29, 1.82) is 0 Å². The third-order valence-electron chi connectivity index (χ3n) is 3.66. The van der Waals surface area contributed by atoms with Crippen LogP contribution in [0.25, 0.3) is 21.7 Å². The lowest BCUT2D eigenvalue weighted by molar-refractivity contribution is 1.17. The number of guanidine groups is 1. The molecule has 1 aromatic heterocycles. The topological polar surface area (TPSA) is 89.6 Å². The standard InChI is InChI=1S/C19H19N5S/c1-13-17(11-12-22-24-19(20)21)25-18(23-13)16-9-7-15(8-10-16)14-5-3-2-4-6-14/h2-10,12H,11H2,1H3,(H4,20,21,24)/b22-12+. The SMILES string of the molecule is Cc1nc(-c2ccc(-c3ccccc3)cc2)sc1C/C=N/N=C(N)N. The van der Waals surface area contributed by atoms with E-state index in [2.05, 4.69) is 51.6 Å². The van der Waals surface area contributed by atoms with Crippen molar-refractivity contribution in [2.45, 2.75) is 13.3 Å². The minimum Gasteiger partial charge on any atom is -0.369 e. The van der Waals surface area contributed by atoms with Crippen molar-refractivity contribution >= 4 is 23.5 Å². The fourth-order valence-corrected chi connectivity index (χ4v) is 3.43. The molecule has 0 spiro atoms. The van der Waals surface area contributed by atoms with Gasteiger partial charge in [-0.3, -0.25) is 0 Å². The number of nitrogens with two attached hydrogens (primary N) is 2. The molecule has 3 rings (SSSR count). The van der Waals surface area contributed by atoms with Crippen LogP contribution in [0.1, 0.15) is 10.6 Å². The molecule has 126 valence electrons. The first kappa shape index (κ1) is 16.9. The number of aryl methyl sites for hydroxylation is 1. The fraction of sp³-hybridized carbons (Fsp3) is 0.105. The van der Waals surface area contributed by atoms with Gasteiger partial charge < -0.3 is 11.5 Å². The third-order valence-corrected chi connectivity index (χ3v) is 4.89. The molecule has 0 fully saturated rings. The molecule has 0 aliphatic heterocycles. The average Bonchev–Trinajstić information content (AvgIpc) is 3.00. The number of hydrogen-bond donors (Lipinski definition) is 2. The minimum absolute atomic E-state index is 0.0449. The summed E-state index contributed by atoms with van der Waals surface area (Å²) in [5, 5.41) is 8.43. The van der Waals surface area contributed by atoms with E-state index < -0.39 is 0 Å². The summed E-state index contributed by atoms with van der Waals surface area (Å²) in [4.78, 5) is 5.82. The molecule has 0 bridgehead atoms. The summed E-state index contributed by atoms with van der Waals surface area (Å²) in [5.41, 5.74) is 15.0. The molecular weight excluding hydrogens is 330 g/mol. The lowest BCUT2D eigenvalue weighted by Crippen LogP contribution is -2.21. The molecule has 5 nitrogen and oxygen atoms in total. The van der Waals surface area contributed by atoms with Crippen LogP contribution in [0, 0.1) is 6.92 Å². The first-order valence-corrected chi connectivity index (χ1v) is 8.67. The zero-order valence-electron chi connectivity index (χ0n) is 13.9. The highest BCUT2D eigenvalue weighted by molar-refractivity contribution is 7.15. The Kier molecular flexibility index (Phi) is 5.20. The average molecular weight is 349 g/mol. The predicted molar refractivity (Wildman–Crippen MR) is 106 cm³/mol. The van der Waals surface area contributed by atoms with Crippen LogP contribution in [0.5, 0.6) is 0 Å². The van der Waals surface area contributed by atoms with E-state index in [1.54, 1.807) is 17.6 Å². The van der Waals surface area contributed by atoms with Crippen molar-refractivity contribution in [3.8, 4) is 21.7 Å². The van der Waals surface area contributed by atoms with Gasteiger partial charge in [0.2, 0.25) is 5.96 Å². The van der Waals surface area contributed by atoms with Gasteiger partial charge in [-0.2, -0.15) is 5.10 Å². The Hall–Kier alpha value is -2.99. The molecule has 3 aromatic rings. The van der Waals surface area contributed by atoms with Crippen molar-refractivity contribution in [1.82, 2.24) is 4.98 Å². The predicted octanol–water partition coefficient (Wildman–Crippen LogP) is 3.59. The Labute approximate surface area is 150 Å². The zero-order valence-corrected chi connectivity index (χ0v) is 14.7. The summed E-state index contributed by atoms with van der Waals surface area (Å²) in [5.74, 6) is -0.0449. The van der Waals surface area contributed by atoms with Gasteiger partial charge in [0, 0.05) is 23.1 Å². The Balaban J connectivity index is 1.77. The fourth-order valence-electron chi connectivity index (χ4n) is 2.41. The lowest BCUT2D eigenvalue weighted by Gasteiger charge is -2.02. The Morgan fingerprint density at radius 1 is 1.00 bits per heavy atom. The van der Waals surface area contributed by atoms with E-state index in [9.17, 15) is 0 Å². The molecule has 4 N–H and O–H groups in total. The highest BCUT2D eigenvalue weighted by Gasteiger charge is 2.09. The Morgan fingerprint density at radius 2 is 1.64 bits per heavy atom. The summed E-state index contributed by atoms with van der Waals surface area (Å²) in [6, 6.07) is 18.8. The summed E-state index contributed by atoms with van der Waals surface area (Å²) in [6.07, 6.45) is 2.34. The molecule has 0 aliphatic rings. The Bertz CT molecular complexity index is 891. The van der Waals surface area contributed by atoms with Crippen LogP contribution in [0.3, 0.4) is 0 Å². The monoisotopic (exact) mass is 349 g/mol. The van der Waals surface area contributed by atoms with Crippen molar-refractivity contribution in [3.05, 3.63) is 65.2 Å². The van der Waals surface area contributed by atoms with E-state index in [0.29, 0.717) is 6.42 Å². The van der Waals surface area contributed by atoms with Crippen molar-refractivity contribution in [2.24, 2.45) is 21.7 Å². The number of benzene rings is 2. The van der Waals surface area contributed by atoms with Crippen LogP contribution in [0.15, 0.2) is 64.8 Å². The van der Waals surface area contributed by atoms with Crippen LogP contribution in [-0.4, -0.2) is 17.2 Å². The largest absolute Gasteiger partial charge is 0.369 e. The molecule has 0 saturated heterocycles. The summed E-state index contributed by atoms with van der Waals surface area (Å²) < 4.78 is 0. The van der Waals surface area contributed by atoms with Gasteiger partial charge in [0.1, 0.15) is 5.01 Å². The second-order valence-electron chi connectivity index (χ2n) is 5.50. The first-order chi connectivity index (χ1) is 12.1. The van der Waals surface area contributed by atoms with E-state index in [0.717, 1.165) is 21.1 Å². The van der Waals surface area contributed by atoms with Crippen molar-refractivity contribution in [3.63, 3.8) is 0 Å². The molecule has 0 atom stereocenters. The highest BCUT2D eigenvalue weighted by Crippen LogP contribution is 2.30. The molecule has 1 heterocycles.